The van der Waals surface area contributed by atoms with Crippen molar-refractivity contribution in [2.75, 3.05) is 0 Å². The molecule has 0 bridgehead atoms. The molecule has 0 radical (unpaired) electrons. The molecule has 0 saturated carbocycles. The first-order chi connectivity index (χ1) is 11.4. The Balaban J connectivity index is 1.82. The number of nitrogens with one attached hydrogen (secondary N) is 1. The smallest absolute Gasteiger partial charge is 0.269 e. The van der Waals surface area contributed by atoms with Gasteiger partial charge < -0.3 is 10.1 Å². The zero-order chi connectivity index (χ0) is 17.3. The first kappa shape index (κ1) is 16.0. The number of hydrogen-bond donors (Lipinski definition) is 1. The summed E-state index contributed by atoms with van der Waals surface area (Å²) in [6, 6.07) is 13.0. The van der Waals surface area contributed by atoms with Gasteiger partial charge in [0, 0.05) is 29.7 Å². The molecular weight excluding hydrogens is 308 g/mol. The highest BCUT2D eigenvalue weighted by Crippen LogP contribution is 2.39. The molecular formula is C18H18N2O4. The van der Waals surface area contributed by atoms with Gasteiger partial charge in [-0.25, -0.2) is 0 Å². The van der Waals surface area contributed by atoms with Crippen molar-refractivity contribution in [3.63, 3.8) is 0 Å². The largest absolute Gasteiger partial charge is 0.487 e. The van der Waals surface area contributed by atoms with E-state index in [1.54, 1.807) is 0 Å². The number of nitro groups is 1. The van der Waals surface area contributed by atoms with Crippen LogP contribution in [0.15, 0.2) is 48.5 Å². The Kier molecular flexibility index (Phi) is 3.97. The summed E-state index contributed by atoms with van der Waals surface area (Å²) in [6.45, 7) is 3.96. The summed E-state index contributed by atoms with van der Waals surface area (Å²) in [5, 5.41) is 13.7. The molecule has 0 fully saturated rings. The summed E-state index contributed by atoms with van der Waals surface area (Å²) in [5.41, 5.74) is 0.903. The van der Waals surface area contributed by atoms with Gasteiger partial charge in [-0.05, 0) is 32.0 Å². The molecule has 124 valence electrons. The molecule has 1 atom stereocenters. The second-order valence-electron chi connectivity index (χ2n) is 6.43. The number of rotatable bonds is 3. The minimum atomic E-state index is -0.487. The van der Waals surface area contributed by atoms with Crippen molar-refractivity contribution in [2.24, 2.45) is 0 Å². The molecule has 24 heavy (non-hydrogen) atoms. The lowest BCUT2D eigenvalue weighted by molar-refractivity contribution is -0.384. The molecule has 1 heterocycles. The maximum atomic E-state index is 12.5. The van der Waals surface area contributed by atoms with Crippen molar-refractivity contribution >= 4 is 11.6 Å². The van der Waals surface area contributed by atoms with Gasteiger partial charge in [0.15, 0.2) is 0 Å². The first-order valence-corrected chi connectivity index (χ1v) is 7.69. The summed E-state index contributed by atoms with van der Waals surface area (Å²) in [5.74, 6) is 0.505. The van der Waals surface area contributed by atoms with Crippen LogP contribution >= 0.6 is 0 Å². The van der Waals surface area contributed by atoms with E-state index in [4.69, 9.17) is 4.74 Å². The van der Waals surface area contributed by atoms with E-state index in [1.165, 1.54) is 24.3 Å². The van der Waals surface area contributed by atoms with Gasteiger partial charge >= 0.3 is 0 Å². The predicted molar refractivity (Wildman–Crippen MR) is 89.1 cm³/mol. The average molecular weight is 326 g/mol. The van der Waals surface area contributed by atoms with Crippen molar-refractivity contribution in [2.45, 2.75) is 31.9 Å². The number of fused-ring (bicyclic) bond motifs is 1. The lowest BCUT2D eigenvalue weighted by Crippen LogP contribution is -2.41. The quantitative estimate of drug-likeness (QED) is 0.690. The second kappa shape index (κ2) is 5.96. The molecule has 0 aromatic heterocycles. The second-order valence-corrected chi connectivity index (χ2v) is 6.43. The van der Waals surface area contributed by atoms with Gasteiger partial charge in [0.2, 0.25) is 0 Å². The van der Waals surface area contributed by atoms with Crippen LogP contribution in [0.2, 0.25) is 0 Å². The number of carbonyl (C=O) groups is 1. The van der Waals surface area contributed by atoms with Crippen molar-refractivity contribution in [3.05, 3.63) is 69.8 Å². The standard InChI is InChI=1S/C18H18N2O4/c1-18(2)11-15(14-5-3-4-6-16(14)24-18)19-17(21)12-7-9-13(10-8-12)20(22)23/h3-10,15H,11H2,1-2H3,(H,19,21)/t15-/m1/s1. The lowest BCUT2D eigenvalue weighted by atomic mass is 9.89. The third kappa shape index (κ3) is 3.22. The van der Waals surface area contributed by atoms with Gasteiger partial charge in [0.25, 0.3) is 11.6 Å². The Hall–Kier alpha value is -2.89. The van der Waals surface area contributed by atoms with Gasteiger partial charge in [-0.1, -0.05) is 18.2 Å². The molecule has 0 saturated heterocycles. The van der Waals surface area contributed by atoms with Crippen LogP contribution in [0.5, 0.6) is 5.75 Å². The van der Waals surface area contributed by atoms with Crippen LogP contribution in [0.25, 0.3) is 0 Å². The predicted octanol–water partition coefficient (Wildman–Crippen LogP) is 3.63. The third-order valence-corrected chi connectivity index (χ3v) is 4.02. The van der Waals surface area contributed by atoms with Crippen LogP contribution < -0.4 is 10.1 Å². The Morgan fingerprint density at radius 1 is 1.21 bits per heavy atom. The van der Waals surface area contributed by atoms with Gasteiger partial charge in [0.05, 0.1) is 11.0 Å². The molecule has 1 amide bonds. The minimum absolute atomic E-state index is 0.0379. The van der Waals surface area contributed by atoms with Crippen LogP contribution in [-0.4, -0.2) is 16.4 Å². The van der Waals surface area contributed by atoms with Crippen molar-refractivity contribution < 1.29 is 14.5 Å². The number of para-hydroxylation sites is 1. The number of carbonyl (C=O) groups excluding carboxylic acids is 1. The number of benzene rings is 2. The molecule has 1 aliphatic rings. The Bertz CT molecular complexity index is 784. The highest BCUT2D eigenvalue weighted by Gasteiger charge is 2.34. The van der Waals surface area contributed by atoms with Gasteiger partial charge in [-0.15, -0.1) is 0 Å². The number of amides is 1. The number of nitrogens with zero attached hydrogens (tertiary/aromatic N) is 1. The lowest BCUT2D eigenvalue weighted by Gasteiger charge is -2.37. The van der Waals surface area contributed by atoms with Gasteiger partial charge in [-0.3, -0.25) is 14.9 Å². The Morgan fingerprint density at radius 3 is 2.54 bits per heavy atom. The zero-order valence-corrected chi connectivity index (χ0v) is 13.5. The minimum Gasteiger partial charge on any atom is -0.487 e. The molecule has 2 aromatic carbocycles. The van der Waals surface area contributed by atoms with Crippen molar-refractivity contribution in [1.29, 1.82) is 0 Å². The van der Waals surface area contributed by atoms with E-state index in [0.29, 0.717) is 12.0 Å². The monoisotopic (exact) mass is 326 g/mol. The van der Waals surface area contributed by atoms with E-state index in [2.05, 4.69) is 5.32 Å². The average Bonchev–Trinajstić information content (AvgIpc) is 2.53. The molecule has 6 heteroatoms. The highest BCUT2D eigenvalue weighted by molar-refractivity contribution is 5.94. The molecule has 1 aliphatic heterocycles. The molecule has 0 unspecified atom stereocenters. The fourth-order valence-electron chi connectivity index (χ4n) is 2.91. The van der Waals surface area contributed by atoms with Crippen LogP contribution in [0, 0.1) is 10.1 Å². The molecule has 3 rings (SSSR count). The summed E-state index contributed by atoms with van der Waals surface area (Å²) in [4.78, 5) is 22.7. The summed E-state index contributed by atoms with van der Waals surface area (Å²) in [7, 11) is 0. The molecule has 6 nitrogen and oxygen atoms in total. The van der Waals surface area contributed by atoms with E-state index >= 15 is 0 Å². The normalized spacial score (nSPS) is 18.2. The number of hydrogen-bond acceptors (Lipinski definition) is 4. The van der Waals surface area contributed by atoms with E-state index in [-0.39, 0.29) is 23.2 Å². The SMILES string of the molecule is CC1(C)C[C@@H](NC(=O)c2ccc([N+](=O)[O-])cc2)c2ccccc2O1. The molecule has 0 spiro atoms. The van der Waals surface area contributed by atoms with E-state index in [0.717, 1.165) is 11.3 Å². The van der Waals surface area contributed by atoms with Crippen LogP contribution in [-0.2, 0) is 0 Å². The van der Waals surface area contributed by atoms with Crippen molar-refractivity contribution in [1.82, 2.24) is 5.32 Å². The van der Waals surface area contributed by atoms with Gasteiger partial charge in [-0.2, -0.15) is 0 Å². The van der Waals surface area contributed by atoms with E-state index in [9.17, 15) is 14.9 Å². The molecule has 0 aliphatic carbocycles. The third-order valence-electron chi connectivity index (χ3n) is 4.02. The number of non-ortho nitro benzene ring substituents is 1. The molecule has 1 N–H and O–H groups in total. The maximum Gasteiger partial charge on any atom is 0.269 e. The summed E-state index contributed by atoms with van der Waals surface area (Å²) in [6.07, 6.45) is 0.642. The summed E-state index contributed by atoms with van der Waals surface area (Å²) < 4.78 is 5.95. The van der Waals surface area contributed by atoms with Crippen LogP contribution in [0.3, 0.4) is 0 Å². The topological polar surface area (TPSA) is 81.5 Å². The van der Waals surface area contributed by atoms with E-state index < -0.39 is 4.92 Å². The fourth-order valence-corrected chi connectivity index (χ4v) is 2.91. The Morgan fingerprint density at radius 2 is 1.88 bits per heavy atom. The Labute approximate surface area is 139 Å². The number of ether oxygens (including phenoxy) is 1. The summed E-state index contributed by atoms with van der Waals surface area (Å²) >= 11 is 0. The zero-order valence-electron chi connectivity index (χ0n) is 13.5. The number of nitro benzene ring substituents is 1. The molecule has 2 aromatic rings. The van der Waals surface area contributed by atoms with Gasteiger partial charge in [0.1, 0.15) is 11.4 Å². The first-order valence-electron chi connectivity index (χ1n) is 7.69. The van der Waals surface area contributed by atoms with Crippen LogP contribution in [0.4, 0.5) is 5.69 Å². The van der Waals surface area contributed by atoms with Crippen LogP contribution in [0.1, 0.15) is 42.2 Å². The fraction of sp³-hybridized carbons (Fsp3) is 0.278. The van der Waals surface area contributed by atoms with E-state index in [1.807, 2.05) is 38.1 Å². The highest BCUT2D eigenvalue weighted by atomic mass is 16.6. The maximum absolute atomic E-state index is 12.5. The van der Waals surface area contributed by atoms with Crippen molar-refractivity contribution in [3.8, 4) is 5.75 Å².